The fourth-order valence-corrected chi connectivity index (χ4v) is 2.25. The smallest absolute Gasteiger partial charge is 0.118 e. The Balaban J connectivity index is 2.60. The van der Waals surface area contributed by atoms with E-state index < -0.39 is 0 Å². The van der Waals surface area contributed by atoms with Gasteiger partial charge in [0.25, 0.3) is 0 Å². The Morgan fingerprint density at radius 1 is 1.15 bits per heavy atom. The maximum absolute atomic E-state index is 5.82. The monoisotopic (exact) mass is 281 g/mol. The Morgan fingerprint density at radius 3 is 2.50 bits per heavy atom. The van der Waals surface area contributed by atoms with Crippen molar-refractivity contribution in [3.8, 4) is 0 Å². The van der Waals surface area contributed by atoms with Crippen LogP contribution in [-0.4, -0.2) is 50.1 Å². The minimum absolute atomic E-state index is 0.822. The molecule has 20 heavy (non-hydrogen) atoms. The first kappa shape index (κ1) is 17.2. The Hall–Kier alpha value is -0.840. The van der Waals surface area contributed by atoms with Gasteiger partial charge in [-0.2, -0.15) is 0 Å². The molecule has 0 aliphatic heterocycles. The third kappa shape index (κ3) is 6.07. The van der Waals surface area contributed by atoms with Gasteiger partial charge in [-0.1, -0.05) is 13.8 Å². The molecule has 0 spiro atoms. The van der Waals surface area contributed by atoms with Crippen LogP contribution in [0, 0.1) is 6.92 Å². The number of hydrogen-bond acceptors (Lipinski definition) is 4. The quantitative estimate of drug-likeness (QED) is 0.714. The minimum Gasteiger partial charge on any atom is -0.465 e. The van der Waals surface area contributed by atoms with Crippen LogP contribution in [-0.2, 0) is 13.1 Å². The summed E-state index contributed by atoms with van der Waals surface area (Å²) in [4.78, 5) is 4.75. The van der Waals surface area contributed by atoms with Gasteiger partial charge in [0.05, 0.1) is 6.54 Å². The molecule has 0 aliphatic rings. The first-order valence-electron chi connectivity index (χ1n) is 7.72. The highest BCUT2D eigenvalue weighted by molar-refractivity contribution is 5.20. The molecule has 0 saturated heterocycles. The van der Waals surface area contributed by atoms with E-state index in [2.05, 4.69) is 56.0 Å². The van der Waals surface area contributed by atoms with Crippen LogP contribution < -0.4 is 5.32 Å². The molecule has 0 bridgehead atoms. The van der Waals surface area contributed by atoms with Crippen LogP contribution in [0.2, 0.25) is 0 Å². The molecular formula is C16H31N3O. The van der Waals surface area contributed by atoms with Crippen molar-refractivity contribution >= 4 is 0 Å². The Morgan fingerprint density at radius 2 is 1.90 bits per heavy atom. The predicted octanol–water partition coefficient (Wildman–Crippen LogP) is 2.47. The van der Waals surface area contributed by atoms with Crippen LogP contribution in [0.3, 0.4) is 0 Å². The molecule has 1 N–H and O–H groups in total. The Bertz CT molecular complexity index is 374. The third-order valence-electron chi connectivity index (χ3n) is 3.42. The molecule has 1 rings (SSSR count). The first-order chi connectivity index (χ1) is 9.56. The molecule has 0 aliphatic carbocycles. The number of hydrogen-bond donors (Lipinski definition) is 1. The average molecular weight is 281 g/mol. The van der Waals surface area contributed by atoms with Crippen LogP contribution in [0.25, 0.3) is 0 Å². The van der Waals surface area contributed by atoms with E-state index in [4.69, 9.17) is 4.42 Å². The molecule has 4 heteroatoms. The highest BCUT2D eigenvalue weighted by Crippen LogP contribution is 2.17. The summed E-state index contributed by atoms with van der Waals surface area (Å²) in [6, 6.07) is 2.20. The van der Waals surface area contributed by atoms with Gasteiger partial charge < -0.3 is 14.6 Å². The number of likely N-dealkylation sites (N-methyl/N-ethyl adjacent to an activating group) is 1. The van der Waals surface area contributed by atoms with Crippen molar-refractivity contribution in [3.05, 3.63) is 23.2 Å². The number of rotatable bonds is 10. The van der Waals surface area contributed by atoms with E-state index >= 15 is 0 Å². The van der Waals surface area contributed by atoms with Crippen molar-refractivity contribution in [2.24, 2.45) is 0 Å². The second-order valence-corrected chi connectivity index (χ2v) is 5.65. The van der Waals surface area contributed by atoms with Gasteiger partial charge in [0.15, 0.2) is 0 Å². The van der Waals surface area contributed by atoms with Gasteiger partial charge in [-0.3, -0.25) is 4.90 Å². The van der Waals surface area contributed by atoms with Crippen molar-refractivity contribution in [3.63, 3.8) is 0 Å². The second kappa shape index (κ2) is 9.16. The summed E-state index contributed by atoms with van der Waals surface area (Å²) in [5, 5.41) is 3.31. The number of nitrogens with zero attached hydrogens (tertiary/aromatic N) is 2. The molecule has 1 aromatic rings. The molecule has 0 radical (unpaired) electrons. The van der Waals surface area contributed by atoms with E-state index in [1.54, 1.807) is 0 Å². The van der Waals surface area contributed by atoms with E-state index in [9.17, 15) is 0 Å². The SMILES string of the molecule is CCCN(CCN(C)C)Cc1cc(CNCC)oc1C. The van der Waals surface area contributed by atoms with Crippen LogP contribution in [0.4, 0.5) is 0 Å². The molecule has 1 aromatic heterocycles. The van der Waals surface area contributed by atoms with Gasteiger partial charge in [0.2, 0.25) is 0 Å². The molecule has 0 fully saturated rings. The lowest BCUT2D eigenvalue weighted by Crippen LogP contribution is -2.32. The lowest BCUT2D eigenvalue weighted by Gasteiger charge is -2.23. The summed E-state index contributed by atoms with van der Waals surface area (Å²) >= 11 is 0. The highest BCUT2D eigenvalue weighted by Gasteiger charge is 2.11. The van der Waals surface area contributed by atoms with Gasteiger partial charge in [0, 0.05) is 25.2 Å². The normalized spacial score (nSPS) is 11.8. The first-order valence-corrected chi connectivity index (χ1v) is 7.72. The molecular weight excluding hydrogens is 250 g/mol. The summed E-state index contributed by atoms with van der Waals surface area (Å²) in [6.45, 7) is 12.5. The standard InChI is InChI=1S/C16H31N3O/c1-6-8-19(10-9-18(4)5)13-15-11-16(12-17-7-2)20-14(15)3/h11,17H,6-10,12-13H2,1-5H3. The van der Waals surface area contributed by atoms with E-state index in [1.165, 1.54) is 12.0 Å². The third-order valence-corrected chi connectivity index (χ3v) is 3.42. The number of furan rings is 1. The fourth-order valence-electron chi connectivity index (χ4n) is 2.25. The molecule has 0 unspecified atom stereocenters. The average Bonchev–Trinajstić information content (AvgIpc) is 2.74. The fraction of sp³-hybridized carbons (Fsp3) is 0.750. The maximum atomic E-state index is 5.82. The van der Waals surface area contributed by atoms with Gasteiger partial charge in [-0.25, -0.2) is 0 Å². The Kier molecular flexibility index (Phi) is 7.88. The summed E-state index contributed by atoms with van der Waals surface area (Å²) in [5.41, 5.74) is 1.32. The molecule has 0 amide bonds. The van der Waals surface area contributed by atoms with Crippen molar-refractivity contribution in [2.45, 2.75) is 40.3 Å². The van der Waals surface area contributed by atoms with E-state index in [-0.39, 0.29) is 0 Å². The van der Waals surface area contributed by atoms with Crippen LogP contribution >= 0.6 is 0 Å². The van der Waals surface area contributed by atoms with Gasteiger partial charge in [-0.05, 0) is 46.6 Å². The van der Waals surface area contributed by atoms with Crippen molar-refractivity contribution < 1.29 is 4.42 Å². The summed E-state index contributed by atoms with van der Waals surface area (Å²) < 4.78 is 5.82. The largest absolute Gasteiger partial charge is 0.465 e. The van der Waals surface area contributed by atoms with Crippen LogP contribution in [0.15, 0.2) is 10.5 Å². The van der Waals surface area contributed by atoms with Crippen molar-refractivity contribution in [1.82, 2.24) is 15.1 Å². The number of nitrogens with one attached hydrogen (secondary N) is 1. The minimum atomic E-state index is 0.822. The highest BCUT2D eigenvalue weighted by atomic mass is 16.3. The molecule has 4 nitrogen and oxygen atoms in total. The van der Waals surface area contributed by atoms with Crippen molar-refractivity contribution in [1.29, 1.82) is 0 Å². The molecule has 0 aromatic carbocycles. The topological polar surface area (TPSA) is 31.6 Å². The zero-order valence-corrected chi connectivity index (χ0v) is 13.8. The van der Waals surface area contributed by atoms with Gasteiger partial charge in [0.1, 0.15) is 11.5 Å². The molecule has 1 heterocycles. The molecule has 0 saturated carbocycles. The van der Waals surface area contributed by atoms with E-state index in [1.807, 2.05) is 0 Å². The van der Waals surface area contributed by atoms with E-state index in [0.29, 0.717) is 0 Å². The zero-order chi connectivity index (χ0) is 15.0. The molecule has 0 atom stereocenters. The predicted molar refractivity (Wildman–Crippen MR) is 84.9 cm³/mol. The Labute approximate surface area is 124 Å². The van der Waals surface area contributed by atoms with Gasteiger partial charge in [-0.15, -0.1) is 0 Å². The van der Waals surface area contributed by atoms with Crippen LogP contribution in [0.5, 0.6) is 0 Å². The lowest BCUT2D eigenvalue weighted by atomic mass is 10.2. The summed E-state index contributed by atoms with van der Waals surface area (Å²) in [6.07, 6.45) is 1.19. The maximum Gasteiger partial charge on any atom is 0.118 e. The van der Waals surface area contributed by atoms with Crippen LogP contribution in [0.1, 0.15) is 37.4 Å². The van der Waals surface area contributed by atoms with Crippen molar-refractivity contribution in [2.75, 3.05) is 40.3 Å². The summed E-state index contributed by atoms with van der Waals surface area (Å²) in [5.74, 6) is 2.10. The van der Waals surface area contributed by atoms with E-state index in [0.717, 1.165) is 50.8 Å². The van der Waals surface area contributed by atoms with Gasteiger partial charge >= 0.3 is 0 Å². The second-order valence-electron chi connectivity index (χ2n) is 5.65. The molecule has 116 valence electrons. The zero-order valence-electron chi connectivity index (χ0n) is 13.8. The lowest BCUT2D eigenvalue weighted by molar-refractivity contribution is 0.233. The number of aryl methyl sites for hydroxylation is 1. The summed E-state index contributed by atoms with van der Waals surface area (Å²) in [7, 11) is 4.25.